The van der Waals surface area contributed by atoms with E-state index < -0.39 is 11.8 Å². The third-order valence-corrected chi connectivity index (χ3v) is 5.94. The molecule has 2 heterocycles. The van der Waals surface area contributed by atoms with Crippen LogP contribution in [0.25, 0.3) is 0 Å². The van der Waals surface area contributed by atoms with Crippen LogP contribution in [-0.4, -0.2) is 102 Å². The van der Waals surface area contributed by atoms with E-state index >= 15 is 0 Å². The first-order valence-electron chi connectivity index (χ1n) is 10.7. The van der Waals surface area contributed by atoms with Gasteiger partial charge in [0.05, 0.1) is 6.54 Å². The summed E-state index contributed by atoms with van der Waals surface area (Å²) in [6, 6.07) is 5.89. The van der Waals surface area contributed by atoms with Crippen LogP contribution < -0.4 is 5.32 Å². The van der Waals surface area contributed by atoms with Gasteiger partial charge in [-0.3, -0.25) is 24.1 Å². The third kappa shape index (κ3) is 5.41. The molecule has 2 aliphatic rings. The molecule has 0 unspecified atom stereocenters. The predicted octanol–water partition coefficient (Wildman–Crippen LogP) is 0.0768. The maximum absolute atomic E-state index is 12.6. The van der Waals surface area contributed by atoms with Gasteiger partial charge in [0.1, 0.15) is 6.54 Å². The Morgan fingerprint density at radius 2 is 1.45 bits per heavy atom. The lowest BCUT2D eigenvalue weighted by Gasteiger charge is -2.37. The quantitative estimate of drug-likeness (QED) is 0.647. The first-order chi connectivity index (χ1) is 14.8. The van der Waals surface area contributed by atoms with Crippen molar-refractivity contribution >= 4 is 29.3 Å². The van der Waals surface area contributed by atoms with Gasteiger partial charge in [-0.2, -0.15) is 0 Å². The van der Waals surface area contributed by atoms with Gasteiger partial charge in [0, 0.05) is 51.5 Å². The molecule has 9 heteroatoms. The monoisotopic (exact) mass is 429 g/mol. The summed E-state index contributed by atoms with van der Waals surface area (Å²) in [4.78, 5) is 55.8. The van der Waals surface area contributed by atoms with Crippen LogP contribution in [-0.2, 0) is 19.2 Å². The van der Waals surface area contributed by atoms with Crippen LogP contribution in [0.2, 0.25) is 0 Å². The zero-order valence-corrected chi connectivity index (χ0v) is 18.5. The maximum Gasteiger partial charge on any atom is 0.312 e. The fraction of sp³-hybridized carbons (Fsp3) is 0.545. The molecule has 4 amide bonds. The molecule has 31 heavy (non-hydrogen) atoms. The van der Waals surface area contributed by atoms with Gasteiger partial charge in [-0.25, -0.2) is 0 Å². The van der Waals surface area contributed by atoms with Gasteiger partial charge >= 0.3 is 11.8 Å². The highest BCUT2D eigenvalue weighted by Gasteiger charge is 2.34. The largest absolute Gasteiger partial charge is 0.339 e. The van der Waals surface area contributed by atoms with E-state index in [1.807, 2.05) is 43.9 Å². The second kappa shape index (κ2) is 9.91. The number of hydrogen-bond donors (Lipinski definition) is 1. The molecule has 0 aromatic heterocycles. The van der Waals surface area contributed by atoms with Gasteiger partial charge in [-0.05, 0) is 31.9 Å². The van der Waals surface area contributed by atoms with Crippen LogP contribution in [0.4, 0.5) is 5.69 Å². The minimum absolute atomic E-state index is 0.0740. The zero-order chi connectivity index (χ0) is 22.5. The molecule has 0 atom stereocenters. The topological polar surface area (TPSA) is 93.3 Å². The molecule has 168 valence electrons. The number of carbonyl (C=O) groups is 4. The van der Waals surface area contributed by atoms with Crippen molar-refractivity contribution in [2.75, 3.05) is 64.2 Å². The van der Waals surface area contributed by atoms with Crippen LogP contribution in [0.5, 0.6) is 0 Å². The van der Waals surface area contributed by atoms with Gasteiger partial charge in [-0.15, -0.1) is 0 Å². The number of rotatable bonds is 6. The summed E-state index contributed by atoms with van der Waals surface area (Å²) < 4.78 is 0. The molecular formula is C22H31N5O4. The van der Waals surface area contributed by atoms with Gasteiger partial charge in [0.25, 0.3) is 0 Å². The highest BCUT2D eigenvalue weighted by molar-refractivity contribution is 6.35. The van der Waals surface area contributed by atoms with Crippen LogP contribution >= 0.6 is 0 Å². The average molecular weight is 430 g/mol. The third-order valence-electron chi connectivity index (χ3n) is 5.94. The van der Waals surface area contributed by atoms with Crippen LogP contribution in [0.15, 0.2) is 18.2 Å². The van der Waals surface area contributed by atoms with Crippen molar-refractivity contribution in [3.05, 3.63) is 29.3 Å². The smallest absolute Gasteiger partial charge is 0.312 e. The second-order valence-corrected chi connectivity index (χ2v) is 8.08. The predicted molar refractivity (Wildman–Crippen MR) is 116 cm³/mol. The van der Waals surface area contributed by atoms with Gasteiger partial charge in [-0.1, -0.05) is 18.2 Å². The van der Waals surface area contributed by atoms with Crippen molar-refractivity contribution < 1.29 is 19.2 Å². The van der Waals surface area contributed by atoms with Crippen molar-refractivity contribution in [1.29, 1.82) is 0 Å². The Hall–Kier alpha value is -2.94. The van der Waals surface area contributed by atoms with E-state index in [0.717, 1.165) is 16.8 Å². The Morgan fingerprint density at radius 3 is 2.06 bits per heavy atom. The number of piperazine rings is 2. The Kier molecular flexibility index (Phi) is 7.27. The van der Waals surface area contributed by atoms with E-state index in [0.29, 0.717) is 45.8 Å². The molecule has 0 radical (unpaired) electrons. The van der Waals surface area contributed by atoms with Crippen LogP contribution in [0, 0.1) is 13.8 Å². The van der Waals surface area contributed by atoms with Gasteiger partial charge in [0.15, 0.2) is 0 Å². The summed E-state index contributed by atoms with van der Waals surface area (Å²) in [7, 11) is 0. The van der Waals surface area contributed by atoms with Crippen molar-refractivity contribution in [3.63, 3.8) is 0 Å². The molecule has 9 nitrogen and oxygen atoms in total. The first-order valence-corrected chi connectivity index (χ1v) is 10.7. The summed E-state index contributed by atoms with van der Waals surface area (Å²) >= 11 is 0. The second-order valence-electron chi connectivity index (χ2n) is 8.08. The summed E-state index contributed by atoms with van der Waals surface area (Å²) in [5.41, 5.74) is 2.90. The minimum Gasteiger partial charge on any atom is -0.339 e. The number of nitrogens with one attached hydrogen (secondary N) is 1. The highest BCUT2D eigenvalue weighted by atomic mass is 16.2. The molecule has 2 saturated heterocycles. The van der Waals surface area contributed by atoms with Crippen LogP contribution in [0.3, 0.4) is 0 Å². The zero-order valence-electron chi connectivity index (χ0n) is 18.5. The lowest BCUT2D eigenvalue weighted by Crippen LogP contribution is -2.58. The van der Waals surface area contributed by atoms with Gasteiger partial charge in [0.2, 0.25) is 11.8 Å². The molecular weight excluding hydrogens is 398 g/mol. The van der Waals surface area contributed by atoms with E-state index in [4.69, 9.17) is 0 Å². The van der Waals surface area contributed by atoms with Crippen molar-refractivity contribution in [1.82, 2.24) is 19.6 Å². The van der Waals surface area contributed by atoms with E-state index in [2.05, 4.69) is 5.32 Å². The number of aryl methyl sites for hydroxylation is 2. The maximum atomic E-state index is 12.6. The van der Waals surface area contributed by atoms with E-state index in [1.165, 1.54) is 9.80 Å². The number of benzene rings is 1. The number of likely N-dealkylation sites (N-methyl/N-ethyl adjacent to an activating group) is 1. The molecule has 2 fully saturated rings. The Morgan fingerprint density at radius 1 is 0.871 bits per heavy atom. The molecule has 1 aromatic rings. The Balaban J connectivity index is 1.45. The summed E-state index contributed by atoms with van der Waals surface area (Å²) in [5.74, 6) is -1.38. The lowest BCUT2D eigenvalue weighted by molar-refractivity contribution is -0.157. The van der Waals surface area contributed by atoms with Crippen LogP contribution in [0.1, 0.15) is 18.1 Å². The highest BCUT2D eigenvalue weighted by Crippen LogP contribution is 2.19. The fourth-order valence-corrected chi connectivity index (χ4v) is 3.98. The normalized spacial score (nSPS) is 17.8. The molecule has 1 N–H and O–H groups in total. The number of nitrogens with zero attached hydrogens (tertiary/aromatic N) is 4. The van der Waals surface area contributed by atoms with E-state index in [9.17, 15) is 19.2 Å². The molecule has 0 saturated carbocycles. The van der Waals surface area contributed by atoms with E-state index in [-0.39, 0.29) is 24.9 Å². The fourth-order valence-electron chi connectivity index (χ4n) is 3.98. The summed E-state index contributed by atoms with van der Waals surface area (Å²) in [5, 5.41) is 2.99. The summed E-state index contributed by atoms with van der Waals surface area (Å²) in [6.07, 6.45) is 0. The number of hydrogen-bond acceptors (Lipinski definition) is 5. The molecule has 0 aliphatic carbocycles. The van der Waals surface area contributed by atoms with Crippen molar-refractivity contribution in [2.24, 2.45) is 0 Å². The Labute approximate surface area is 182 Å². The minimum atomic E-state index is -0.608. The van der Waals surface area contributed by atoms with Gasteiger partial charge < -0.3 is 20.0 Å². The summed E-state index contributed by atoms with van der Waals surface area (Å²) in [6.45, 7) is 9.43. The average Bonchev–Trinajstić information content (AvgIpc) is 2.75. The molecule has 2 aliphatic heterocycles. The molecule has 1 aromatic carbocycles. The van der Waals surface area contributed by atoms with E-state index in [1.54, 1.807) is 4.90 Å². The molecule has 3 rings (SSSR count). The Bertz CT molecular complexity index is 843. The number of amides is 4. The standard InChI is InChI=1S/C22H31N5O4/c1-4-25-12-13-27(22(31)21(25)30)15-19(29)26-10-8-24(9-11-26)14-18(28)23-20-16(2)6-5-7-17(20)3/h5-7H,4,8-15H2,1-3H3,(H,23,28). The number of anilines is 1. The number of carbonyl (C=O) groups excluding carboxylic acids is 4. The molecule has 0 spiro atoms. The lowest BCUT2D eigenvalue weighted by atomic mass is 10.1. The van der Waals surface area contributed by atoms with Crippen molar-refractivity contribution in [3.8, 4) is 0 Å². The number of para-hydroxylation sites is 1. The first kappa shape index (κ1) is 22.7. The van der Waals surface area contributed by atoms with Crippen molar-refractivity contribution in [2.45, 2.75) is 20.8 Å². The molecule has 0 bridgehead atoms. The SMILES string of the molecule is CCN1CCN(CC(=O)N2CCN(CC(=O)Nc3c(C)cccc3C)CC2)C(=O)C1=O.